The molecule has 2 aliphatic rings. The van der Waals surface area contributed by atoms with Gasteiger partial charge in [-0.2, -0.15) is 0 Å². The summed E-state index contributed by atoms with van der Waals surface area (Å²) >= 11 is 0. The summed E-state index contributed by atoms with van der Waals surface area (Å²) in [6, 6.07) is 0. The number of hydrogen-bond acceptors (Lipinski definition) is 3. The molecule has 0 aliphatic heterocycles. The summed E-state index contributed by atoms with van der Waals surface area (Å²) in [6.07, 6.45) is 8.40. The third-order valence-electron chi connectivity index (χ3n) is 5.45. The molecular formula is C16H26N4O. The van der Waals surface area contributed by atoms with E-state index in [0.29, 0.717) is 0 Å². The number of nitrogens with two attached hydrogens (primary N) is 2. The molecule has 2 aliphatic carbocycles. The number of aromatic nitrogens is 2. The van der Waals surface area contributed by atoms with Crippen LogP contribution < -0.4 is 11.5 Å². The number of aryl methyl sites for hydroxylation is 2. The third kappa shape index (κ3) is 2.48. The van der Waals surface area contributed by atoms with Gasteiger partial charge in [0, 0.05) is 12.2 Å². The molecule has 2 unspecified atom stereocenters. The molecule has 1 saturated carbocycles. The van der Waals surface area contributed by atoms with Crippen molar-refractivity contribution in [3.63, 3.8) is 0 Å². The van der Waals surface area contributed by atoms with Crippen molar-refractivity contribution < 1.29 is 4.79 Å². The van der Waals surface area contributed by atoms with Crippen molar-refractivity contribution in [3.05, 3.63) is 17.2 Å². The van der Waals surface area contributed by atoms with Crippen LogP contribution in [0.15, 0.2) is 0 Å². The number of amides is 1. The van der Waals surface area contributed by atoms with Crippen LogP contribution in [0.1, 0.15) is 55.7 Å². The van der Waals surface area contributed by atoms with Gasteiger partial charge in [0.25, 0.3) is 0 Å². The lowest BCUT2D eigenvalue weighted by molar-refractivity contribution is -0.124. The van der Waals surface area contributed by atoms with E-state index < -0.39 is 5.54 Å². The molecule has 0 spiro atoms. The van der Waals surface area contributed by atoms with Crippen molar-refractivity contribution in [2.24, 2.45) is 17.4 Å². The molecule has 1 heterocycles. The van der Waals surface area contributed by atoms with Gasteiger partial charge in [-0.15, -0.1) is 0 Å². The smallest absolute Gasteiger partial charge is 0.237 e. The lowest BCUT2D eigenvalue weighted by atomic mass is 9.85. The minimum absolute atomic E-state index is 0.205. The molecule has 5 heteroatoms. The fourth-order valence-electron chi connectivity index (χ4n) is 4.15. The van der Waals surface area contributed by atoms with E-state index in [1.807, 2.05) is 0 Å². The number of rotatable bonds is 4. The topological polar surface area (TPSA) is 86.9 Å². The maximum Gasteiger partial charge on any atom is 0.237 e. The highest BCUT2D eigenvalue weighted by molar-refractivity contribution is 5.85. The van der Waals surface area contributed by atoms with Crippen LogP contribution in [0.25, 0.3) is 0 Å². The van der Waals surface area contributed by atoms with Crippen LogP contribution in [0.2, 0.25) is 0 Å². The van der Waals surface area contributed by atoms with Gasteiger partial charge in [0.2, 0.25) is 5.91 Å². The highest BCUT2D eigenvalue weighted by Gasteiger charge is 2.44. The summed E-state index contributed by atoms with van der Waals surface area (Å²) in [6.45, 7) is 2.99. The highest BCUT2D eigenvalue weighted by Crippen LogP contribution is 2.36. The van der Waals surface area contributed by atoms with Gasteiger partial charge in [-0.25, -0.2) is 4.98 Å². The molecule has 0 bridgehead atoms. The Morgan fingerprint density at radius 1 is 1.38 bits per heavy atom. The monoisotopic (exact) mass is 290 g/mol. The zero-order valence-electron chi connectivity index (χ0n) is 12.9. The van der Waals surface area contributed by atoms with E-state index in [0.717, 1.165) is 50.9 Å². The van der Waals surface area contributed by atoms with E-state index in [1.165, 1.54) is 24.2 Å². The number of carbonyl (C=O) groups is 1. The maximum atomic E-state index is 11.7. The zero-order chi connectivity index (χ0) is 15.0. The summed E-state index contributed by atoms with van der Waals surface area (Å²) in [5.41, 5.74) is 13.7. The largest absolute Gasteiger partial charge is 0.368 e. The number of carbonyl (C=O) groups excluding carboxylic acids is 1. The first-order chi connectivity index (χ1) is 10.0. The van der Waals surface area contributed by atoms with Gasteiger partial charge >= 0.3 is 0 Å². The van der Waals surface area contributed by atoms with Crippen molar-refractivity contribution >= 4 is 5.91 Å². The molecule has 1 fully saturated rings. The van der Waals surface area contributed by atoms with Crippen LogP contribution in [0.3, 0.4) is 0 Å². The van der Waals surface area contributed by atoms with Crippen LogP contribution in [-0.4, -0.2) is 21.0 Å². The van der Waals surface area contributed by atoms with E-state index in [2.05, 4.69) is 11.5 Å². The Kier molecular flexibility index (Phi) is 3.78. The molecule has 0 radical (unpaired) electrons. The number of nitrogens with zero attached hydrogens (tertiary/aromatic N) is 2. The van der Waals surface area contributed by atoms with E-state index in [-0.39, 0.29) is 11.8 Å². The molecule has 21 heavy (non-hydrogen) atoms. The Morgan fingerprint density at radius 3 is 2.90 bits per heavy atom. The van der Waals surface area contributed by atoms with Crippen molar-refractivity contribution in [3.8, 4) is 0 Å². The van der Waals surface area contributed by atoms with Crippen LogP contribution in [0.5, 0.6) is 0 Å². The van der Waals surface area contributed by atoms with Crippen LogP contribution in [0.4, 0.5) is 0 Å². The van der Waals surface area contributed by atoms with Gasteiger partial charge < -0.3 is 16.0 Å². The van der Waals surface area contributed by atoms with Crippen LogP contribution in [-0.2, 0) is 24.2 Å². The third-order valence-corrected chi connectivity index (χ3v) is 5.45. The molecule has 0 saturated heterocycles. The second-order valence-corrected chi connectivity index (χ2v) is 6.69. The van der Waals surface area contributed by atoms with E-state index in [4.69, 9.17) is 16.5 Å². The highest BCUT2D eigenvalue weighted by atomic mass is 16.1. The lowest BCUT2D eigenvalue weighted by Gasteiger charge is -2.28. The van der Waals surface area contributed by atoms with E-state index >= 15 is 0 Å². The zero-order valence-corrected chi connectivity index (χ0v) is 12.9. The summed E-state index contributed by atoms with van der Waals surface area (Å²) < 4.78 is 2.34. The molecule has 0 aromatic carbocycles. The van der Waals surface area contributed by atoms with Gasteiger partial charge in [-0.1, -0.05) is 6.42 Å². The van der Waals surface area contributed by atoms with Gasteiger partial charge in [0.15, 0.2) is 0 Å². The number of hydrogen-bond donors (Lipinski definition) is 2. The Labute approximate surface area is 126 Å². The minimum Gasteiger partial charge on any atom is -0.368 e. The molecule has 1 amide bonds. The van der Waals surface area contributed by atoms with Gasteiger partial charge in [0.1, 0.15) is 5.82 Å². The predicted molar refractivity (Wildman–Crippen MR) is 81.7 cm³/mol. The van der Waals surface area contributed by atoms with Crippen LogP contribution in [0, 0.1) is 12.8 Å². The van der Waals surface area contributed by atoms with Gasteiger partial charge in [0.05, 0.1) is 11.2 Å². The standard InChI is InChI=1S/C16H26N4O/c1-11-19-13-6-2-3-7-14(13)20(11)10-8-12-5-4-9-16(12,18)15(17)21/h12H,2-10,18H2,1H3,(H2,17,21). The van der Waals surface area contributed by atoms with Crippen LogP contribution >= 0.6 is 0 Å². The first kappa shape index (κ1) is 14.6. The molecule has 3 rings (SSSR count). The average molecular weight is 290 g/mol. The summed E-state index contributed by atoms with van der Waals surface area (Å²) in [7, 11) is 0. The molecular weight excluding hydrogens is 264 g/mol. The molecule has 4 N–H and O–H groups in total. The Bertz CT molecular complexity index is 551. The molecule has 1 aromatic rings. The van der Waals surface area contributed by atoms with Gasteiger partial charge in [-0.05, 0) is 57.8 Å². The van der Waals surface area contributed by atoms with Crippen molar-refractivity contribution in [2.45, 2.75) is 70.4 Å². The quantitative estimate of drug-likeness (QED) is 0.879. The number of primary amides is 1. The predicted octanol–water partition coefficient (Wildman–Crippen LogP) is 1.44. The summed E-state index contributed by atoms with van der Waals surface area (Å²) in [5, 5.41) is 0. The second kappa shape index (κ2) is 5.44. The first-order valence-electron chi connectivity index (χ1n) is 8.16. The Balaban J connectivity index is 1.73. The number of fused-ring (bicyclic) bond motifs is 1. The first-order valence-corrected chi connectivity index (χ1v) is 8.16. The fraction of sp³-hybridized carbons (Fsp3) is 0.750. The Morgan fingerprint density at radius 2 is 2.14 bits per heavy atom. The van der Waals surface area contributed by atoms with Crippen molar-refractivity contribution in [1.29, 1.82) is 0 Å². The second-order valence-electron chi connectivity index (χ2n) is 6.69. The molecule has 2 atom stereocenters. The molecule has 5 nitrogen and oxygen atoms in total. The molecule has 116 valence electrons. The minimum atomic E-state index is -0.797. The fourth-order valence-corrected chi connectivity index (χ4v) is 4.15. The number of imidazole rings is 1. The maximum absolute atomic E-state index is 11.7. The lowest BCUT2D eigenvalue weighted by Crippen LogP contribution is -2.54. The van der Waals surface area contributed by atoms with E-state index in [1.54, 1.807) is 0 Å². The molecule has 1 aromatic heterocycles. The normalized spacial score (nSPS) is 28.6. The average Bonchev–Trinajstić information content (AvgIpc) is 2.97. The summed E-state index contributed by atoms with van der Waals surface area (Å²) in [4.78, 5) is 16.4. The summed E-state index contributed by atoms with van der Waals surface area (Å²) in [5.74, 6) is 0.965. The van der Waals surface area contributed by atoms with Crippen molar-refractivity contribution in [1.82, 2.24) is 9.55 Å². The van der Waals surface area contributed by atoms with E-state index in [9.17, 15) is 4.79 Å². The SMILES string of the molecule is Cc1nc2c(n1CCC1CCCC1(N)C(N)=O)CCCC2. The van der Waals surface area contributed by atoms with Crippen molar-refractivity contribution in [2.75, 3.05) is 0 Å². The van der Waals surface area contributed by atoms with Gasteiger partial charge in [-0.3, -0.25) is 4.79 Å². The Hall–Kier alpha value is -1.36.